The minimum atomic E-state index is -0.916. The zero-order valence-corrected chi connectivity index (χ0v) is 13.3. The Kier molecular flexibility index (Phi) is 3.13. The van der Waals surface area contributed by atoms with Crippen molar-refractivity contribution in [3.05, 3.63) is 28.2 Å². The van der Waals surface area contributed by atoms with Crippen LogP contribution in [0.15, 0.2) is 22.7 Å². The molecule has 0 amide bonds. The number of hydrogen-bond acceptors (Lipinski definition) is 4. The lowest BCUT2D eigenvalue weighted by Gasteiger charge is -2.50. The van der Waals surface area contributed by atoms with Gasteiger partial charge in [0, 0.05) is 10.0 Å². The molecular formula is C13H13BrN2O3S. The molecule has 2 heterocycles. The molecule has 3 unspecified atom stereocenters. The number of ether oxygens (including phenoxy) is 2. The van der Waals surface area contributed by atoms with E-state index in [2.05, 4.69) is 26.6 Å². The Balaban J connectivity index is 2.16. The molecular weight excluding hydrogens is 344 g/mol. The van der Waals surface area contributed by atoms with E-state index in [0.29, 0.717) is 5.11 Å². The van der Waals surface area contributed by atoms with Gasteiger partial charge < -0.3 is 20.1 Å². The number of esters is 1. The number of halogens is 1. The van der Waals surface area contributed by atoms with Gasteiger partial charge in [0.25, 0.3) is 0 Å². The summed E-state index contributed by atoms with van der Waals surface area (Å²) < 4.78 is 11.8. The number of hydrogen-bond donors (Lipinski definition) is 2. The summed E-state index contributed by atoms with van der Waals surface area (Å²) in [4.78, 5) is 12.1. The van der Waals surface area contributed by atoms with Crippen LogP contribution in [-0.2, 0) is 9.53 Å². The Bertz CT molecular complexity index is 609. The second-order valence-electron chi connectivity index (χ2n) is 4.97. The third kappa shape index (κ3) is 1.96. The van der Waals surface area contributed by atoms with E-state index in [1.165, 1.54) is 7.11 Å². The smallest absolute Gasteiger partial charge is 0.317 e. The maximum absolute atomic E-state index is 12.1. The van der Waals surface area contributed by atoms with Gasteiger partial charge in [0.05, 0.1) is 13.2 Å². The molecule has 3 atom stereocenters. The van der Waals surface area contributed by atoms with Crippen LogP contribution in [0.2, 0.25) is 0 Å². The van der Waals surface area contributed by atoms with Crippen LogP contribution < -0.4 is 15.4 Å². The first-order valence-corrected chi connectivity index (χ1v) is 7.30. The Morgan fingerprint density at radius 1 is 1.55 bits per heavy atom. The van der Waals surface area contributed by atoms with Crippen molar-refractivity contribution in [1.29, 1.82) is 0 Å². The molecule has 20 heavy (non-hydrogen) atoms. The zero-order valence-electron chi connectivity index (χ0n) is 10.9. The van der Waals surface area contributed by atoms with Gasteiger partial charge in [-0.3, -0.25) is 4.79 Å². The maximum atomic E-state index is 12.1. The molecule has 0 aromatic heterocycles. The van der Waals surface area contributed by atoms with Crippen molar-refractivity contribution < 1.29 is 14.3 Å². The highest BCUT2D eigenvalue weighted by Gasteiger charge is 2.55. The van der Waals surface area contributed by atoms with Gasteiger partial charge in [-0.1, -0.05) is 15.9 Å². The molecule has 2 aliphatic heterocycles. The normalized spacial score (nSPS) is 30.4. The summed E-state index contributed by atoms with van der Waals surface area (Å²) in [7, 11) is 1.37. The van der Waals surface area contributed by atoms with Gasteiger partial charge in [-0.25, -0.2) is 0 Å². The summed E-state index contributed by atoms with van der Waals surface area (Å²) in [6.07, 6.45) is 0. The number of benzene rings is 1. The maximum Gasteiger partial charge on any atom is 0.317 e. The van der Waals surface area contributed by atoms with Gasteiger partial charge in [-0.05, 0) is 37.3 Å². The third-order valence-electron chi connectivity index (χ3n) is 3.66. The molecule has 7 heteroatoms. The van der Waals surface area contributed by atoms with Crippen molar-refractivity contribution in [3.63, 3.8) is 0 Å². The van der Waals surface area contributed by atoms with E-state index in [9.17, 15) is 4.79 Å². The molecule has 0 spiro atoms. The summed E-state index contributed by atoms with van der Waals surface area (Å²) in [5.74, 6) is -0.144. The van der Waals surface area contributed by atoms with Gasteiger partial charge in [-0.2, -0.15) is 0 Å². The molecule has 2 N–H and O–H groups in total. The van der Waals surface area contributed by atoms with Crippen LogP contribution in [0.25, 0.3) is 0 Å². The Hall–Kier alpha value is -1.34. The predicted octanol–water partition coefficient (Wildman–Crippen LogP) is 1.87. The molecule has 0 radical (unpaired) electrons. The van der Waals surface area contributed by atoms with Crippen LogP contribution in [0.1, 0.15) is 18.5 Å². The summed E-state index contributed by atoms with van der Waals surface area (Å²) in [6.45, 7) is 1.81. The van der Waals surface area contributed by atoms with Gasteiger partial charge in [0.15, 0.2) is 10.8 Å². The SMILES string of the molecule is COC(=O)C1C2NC(=S)NC1(C)Oc1ccc(Br)cc12. The first-order valence-electron chi connectivity index (χ1n) is 6.09. The second-order valence-corrected chi connectivity index (χ2v) is 6.29. The van der Waals surface area contributed by atoms with E-state index in [0.717, 1.165) is 15.8 Å². The predicted molar refractivity (Wildman–Crippen MR) is 80.3 cm³/mol. The van der Waals surface area contributed by atoms with Crippen molar-refractivity contribution in [2.45, 2.75) is 18.7 Å². The van der Waals surface area contributed by atoms with Crippen LogP contribution in [0, 0.1) is 5.92 Å². The second kappa shape index (κ2) is 4.60. The molecule has 3 rings (SSSR count). The third-order valence-corrected chi connectivity index (χ3v) is 4.37. The Morgan fingerprint density at radius 2 is 2.30 bits per heavy atom. The molecule has 5 nitrogen and oxygen atoms in total. The number of fused-ring (bicyclic) bond motifs is 4. The average molecular weight is 357 g/mol. The zero-order chi connectivity index (χ0) is 14.5. The molecule has 2 aliphatic rings. The van der Waals surface area contributed by atoms with E-state index in [4.69, 9.17) is 21.7 Å². The molecule has 106 valence electrons. The molecule has 0 aliphatic carbocycles. The highest BCUT2D eigenvalue weighted by atomic mass is 79.9. The van der Waals surface area contributed by atoms with E-state index in [1.807, 2.05) is 18.2 Å². The first kappa shape index (κ1) is 13.6. The highest BCUT2D eigenvalue weighted by Crippen LogP contribution is 2.45. The number of thiocarbonyl (C=S) groups is 1. The lowest BCUT2D eigenvalue weighted by Crippen LogP contribution is -2.69. The van der Waals surface area contributed by atoms with Crippen molar-refractivity contribution >= 4 is 39.2 Å². The van der Waals surface area contributed by atoms with E-state index in [-0.39, 0.29) is 12.0 Å². The number of rotatable bonds is 1. The van der Waals surface area contributed by atoms with Crippen LogP contribution >= 0.6 is 28.1 Å². The molecule has 1 aromatic carbocycles. The number of nitrogens with one attached hydrogen (secondary N) is 2. The quantitative estimate of drug-likeness (QED) is 0.591. The molecule has 1 saturated heterocycles. The van der Waals surface area contributed by atoms with Gasteiger partial charge in [-0.15, -0.1) is 0 Å². The fraction of sp³-hybridized carbons (Fsp3) is 0.385. The van der Waals surface area contributed by atoms with Crippen molar-refractivity contribution in [1.82, 2.24) is 10.6 Å². The molecule has 2 bridgehead atoms. The first-order chi connectivity index (χ1) is 9.44. The lowest BCUT2D eigenvalue weighted by molar-refractivity contribution is -0.159. The fourth-order valence-corrected chi connectivity index (χ4v) is 3.51. The van der Waals surface area contributed by atoms with Crippen molar-refractivity contribution in [2.24, 2.45) is 5.92 Å². The fourth-order valence-electron chi connectivity index (χ4n) is 2.80. The largest absolute Gasteiger partial charge is 0.469 e. The molecule has 1 aromatic rings. The van der Waals surface area contributed by atoms with Crippen LogP contribution in [-0.4, -0.2) is 23.9 Å². The van der Waals surface area contributed by atoms with Gasteiger partial charge in [0.2, 0.25) is 0 Å². The Morgan fingerprint density at radius 3 is 3.00 bits per heavy atom. The van der Waals surface area contributed by atoms with Crippen LogP contribution in [0.3, 0.4) is 0 Å². The van der Waals surface area contributed by atoms with Crippen LogP contribution in [0.5, 0.6) is 5.75 Å². The average Bonchev–Trinajstić information content (AvgIpc) is 2.38. The van der Waals surface area contributed by atoms with E-state index in [1.54, 1.807) is 6.92 Å². The lowest BCUT2D eigenvalue weighted by atomic mass is 9.80. The molecule has 1 fully saturated rings. The number of carbonyl (C=O) groups is 1. The summed E-state index contributed by atoms with van der Waals surface area (Å²) in [5, 5.41) is 6.63. The number of carbonyl (C=O) groups excluding carboxylic acids is 1. The summed E-state index contributed by atoms with van der Waals surface area (Å²) in [5.41, 5.74) is -0.0305. The van der Waals surface area contributed by atoms with Crippen molar-refractivity contribution in [3.8, 4) is 5.75 Å². The van der Waals surface area contributed by atoms with E-state index < -0.39 is 11.6 Å². The van der Waals surface area contributed by atoms with E-state index >= 15 is 0 Å². The number of methoxy groups -OCH3 is 1. The summed E-state index contributed by atoms with van der Waals surface area (Å²) in [6, 6.07) is 5.42. The highest BCUT2D eigenvalue weighted by molar-refractivity contribution is 9.10. The minimum Gasteiger partial charge on any atom is -0.469 e. The topological polar surface area (TPSA) is 59.6 Å². The minimum absolute atomic E-state index is 0.276. The van der Waals surface area contributed by atoms with Gasteiger partial charge in [0.1, 0.15) is 11.7 Å². The summed E-state index contributed by atoms with van der Waals surface area (Å²) >= 11 is 8.64. The van der Waals surface area contributed by atoms with Crippen molar-refractivity contribution in [2.75, 3.05) is 7.11 Å². The van der Waals surface area contributed by atoms with Gasteiger partial charge >= 0.3 is 5.97 Å². The monoisotopic (exact) mass is 356 g/mol. The molecule has 0 saturated carbocycles. The standard InChI is InChI=1S/C13H13BrN2O3S/c1-13-9(11(17)18-2)10(15-12(20)16-13)7-5-6(14)3-4-8(7)19-13/h3-5,9-10H,1-2H3,(H2,15,16,20). The Labute approximate surface area is 130 Å². The van der Waals surface area contributed by atoms with Crippen LogP contribution in [0.4, 0.5) is 0 Å².